The molecule has 1 atom stereocenters. The molecule has 2 aliphatic rings. The molecule has 2 aromatic rings. The fourth-order valence-corrected chi connectivity index (χ4v) is 4.55. The number of nitrogens with zero attached hydrogens (tertiary/aromatic N) is 5. The van der Waals surface area contributed by atoms with Crippen molar-refractivity contribution in [2.24, 2.45) is 0 Å². The van der Waals surface area contributed by atoms with E-state index < -0.39 is 18.5 Å². The van der Waals surface area contributed by atoms with Gasteiger partial charge in [0.25, 0.3) is 12.0 Å². The molecule has 2 fully saturated rings. The highest BCUT2D eigenvalue weighted by Crippen LogP contribution is 2.22. The summed E-state index contributed by atoms with van der Waals surface area (Å²) in [5.74, 6) is 0.248. The molecule has 1 aromatic carbocycles. The highest BCUT2D eigenvalue weighted by atomic mass is 19.3. The van der Waals surface area contributed by atoms with E-state index in [-0.39, 0.29) is 11.9 Å². The first-order valence-electron chi connectivity index (χ1n) is 10.9. The number of carbonyl (C=O) groups excluding carboxylic acids is 1. The first-order chi connectivity index (χ1) is 14.9. The average molecular weight is 434 g/mol. The summed E-state index contributed by atoms with van der Waals surface area (Å²) in [5, 5.41) is 0.353. The van der Waals surface area contributed by atoms with E-state index in [2.05, 4.69) is 14.8 Å². The predicted octanol–water partition coefficient (Wildman–Crippen LogP) is 2.18. The average Bonchev–Trinajstić information content (AvgIpc) is 2.91. The number of alkyl halides is 2. The summed E-state index contributed by atoms with van der Waals surface area (Å²) >= 11 is 0. The van der Waals surface area contributed by atoms with Crippen molar-refractivity contribution in [2.45, 2.75) is 44.7 Å². The Hall–Kier alpha value is -2.55. The number of likely N-dealkylation sites (N-methyl/N-ethyl adjacent to an activating group) is 1. The number of carbonyl (C=O) groups is 1. The maximum atomic E-state index is 12.6. The highest BCUT2D eigenvalue weighted by Gasteiger charge is 2.26. The van der Waals surface area contributed by atoms with Gasteiger partial charge in [0, 0.05) is 57.9 Å². The van der Waals surface area contributed by atoms with Crippen LogP contribution in [0.3, 0.4) is 0 Å². The molecular formula is C22H29F2N5O2. The lowest BCUT2D eigenvalue weighted by atomic mass is 10.1. The van der Waals surface area contributed by atoms with Crippen molar-refractivity contribution in [1.82, 2.24) is 19.4 Å². The number of fused-ring (bicyclic) bond motifs is 1. The van der Waals surface area contributed by atoms with Crippen LogP contribution in [-0.2, 0) is 11.3 Å². The second-order valence-electron chi connectivity index (χ2n) is 8.49. The number of benzene rings is 1. The van der Waals surface area contributed by atoms with Crippen LogP contribution in [0.4, 0.5) is 14.5 Å². The van der Waals surface area contributed by atoms with Crippen LogP contribution in [0.5, 0.6) is 0 Å². The maximum Gasteiger partial charge on any atom is 0.261 e. The Kier molecular flexibility index (Phi) is 6.50. The van der Waals surface area contributed by atoms with Gasteiger partial charge in [0.1, 0.15) is 0 Å². The molecule has 31 heavy (non-hydrogen) atoms. The van der Waals surface area contributed by atoms with E-state index in [0.29, 0.717) is 17.3 Å². The fourth-order valence-electron chi connectivity index (χ4n) is 4.55. The molecule has 0 aliphatic carbocycles. The molecule has 0 bridgehead atoms. The molecule has 9 heteroatoms. The first-order valence-corrected chi connectivity index (χ1v) is 10.9. The van der Waals surface area contributed by atoms with Crippen molar-refractivity contribution in [2.75, 3.05) is 44.7 Å². The van der Waals surface area contributed by atoms with E-state index >= 15 is 0 Å². The number of aromatic nitrogens is 2. The van der Waals surface area contributed by atoms with E-state index in [1.165, 1.54) is 6.33 Å². The third kappa shape index (κ3) is 4.87. The summed E-state index contributed by atoms with van der Waals surface area (Å²) in [7, 11) is 1.92. The van der Waals surface area contributed by atoms with Gasteiger partial charge in [0.2, 0.25) is 5.91 Å². The Morgan fingerprint density at radius 2 is 1.90 bits per heavy atom. The number of piperazine rings is 1. The van der Waals surface area contributed by atoms with Crippen LogP contribution >= 0.6 is 0 Å². The van der Waals surface area contributed by atoms with E-state index in [1.807, 2.05) is 24.1 Å². The molecular weight excluding hydrogens is 404 g/mol. The molecule has 0 N–H and O–H groups in total. The van der Waals surface area contributed by atoms with Crippen LogP contribution in [0, 0.1) is 0 Å². The van der Waals surface area contributed by atoms with Crippen molar-refractivity contribution in [3.63, 3.8) is 0 Å². The van der Waals surface area contributed by atoms with Crippen LogP contribution in [0.1, 0.15) is 25.7 Å². The van der Waals surface area contributed by atoms with Gasteiger partial charge in [-0.15, -0.1) is 0 Å². The fraction of sp³-hybridized carbons (Fsp3) is 0.591. The van der Waals surface area contributed by atoms with Gasteiger partial charge in [-0.2, -0.15) is 0 Å². The molecule has 2 saturated heterocycles. The van der Waals surface area contributed by atoms with E-state index in [1.54, 1.807) is 6.07 Å². The summed E-state index contributed by atoms with van der Waals surface area (Å²) in [6, 6.07) is 5.69. The third-order valence-electron chi connectivity index (χ3n) is 6.47. The molecule has 2 aliphatic heterocycles. The Morgan fingerprint density at radius 1 is 1.13 bits per heavy atom. The number of anilines is 1. The van der Waals surface area contributed by atoms with Crippen LogP contribution < -0.4 is 10.5 Å². The number of amides is 1. The predicted molar refractivity (Wildman–Crippen MR) is 116 cm³/mol. The number of hydrogen-bond acceptors (Lipinski definition) is 5. The maximum absolute atomic E-state index is 12.6. The van der Waals surface area contributed by atoms with Crippen LogP contribution in [0.2, 0.25) is 0 Å². The number of hydrogen-bond donors (Lipinski definition) is 0. The Balaban J connectivity index is 1.40. The quantitative estimate of drug-likeness (QED) is 0.724. The van der Waals surface area contributed by atoms with Crippen molar-refractivity contribution in [3.8, 4) is 0 Å². The van der Waals surface area contributed by atoms with Gasteiger partial charge in [-0.3, -0.25) is 19.1 Å². The second-order valence-corrected chi connectivity index (χ2v) is 8.49. The Labute approximate surface area is 180 Å². The standard InChI is InChI=1S/C22H29F2N5O2/c1-26-17(4-2-3-5-21(26)30)13-27-8-10-28(11-9-27)16-6-7-18-19(12-16)25-15-29(22(18)31)14-20(23)24/h6-7,12,15,17,20H,2-5,8-11,13-14H2,1H3. The van der Waals surface area contributed by atoms with E-state index in [0.717, 1.165) is 62.2 Å². The molecule has 0 spiro atoms. The highest BCUT2D eigenvalue weighted by molar-refractivity contribution is 5.81. The second kappa shape index (κ2) is 9.30. The third-order valence-corrected chi connectivity index (χ3v) is 6.47. The molecule has 7 nitrogen and oxygen atoms in total. The minimum Gasteiger partial charge on any atom is -0.369 e. The van der Waals surface area contributed by atoms with Gasteiger partial charge < -0.3 is 9.80 Å². The van der Waals surface area contributed by atoms with Gasteiger partial charge in [-0.1, -0.05) is 6.42 Å². The molecule has 0 saturated carbocycles. The summed E-state index contributed by atoms with van der Waals surface area (Å²) in [6.45, 7) is 3.75. The summed E-state index contributed by atoms with van der Waals surface area (Å²) < 4.78 is 26.2. The molecule has 1 amide bonds. The zero-order chi connectivity index (χ0) is 22.0. The van der Waals surface area contributed by atoms with Crippen molar-refractivity contribution in [1.29, 1.82) is 0 Å². The zero-order valence-electron chi connectivity index (χ0n) is 17.8. The smallest absolute Gasteiger partial charge is 0.261 e. The lowest BCUT2D eigenvalue weighted by molar-refractivity contribution is -0.131. The number of likely N-dealkylation sites (tertiary alicyclic amines) is 1. The van der Waals surface area contributed by atoms with Gasteiger partial charge >= 0.3 is 0 Å². The SMILES string of the molecule is CN1C(=O)CCCCC1CN1CCN(c2ccc3c(=O)n(CC(F)F)cnc3c2)CC1. The van der Waals surface area contributed by atoms with Gasteiger partial charge in [-0.25, -0.2) is 13.8 Å². The molecule has 1 unspecified atom stereocenters. The molecule has 4 rings (SSSR count). The lowest BCUT2D eigenvalue weighted by Gasteiger charge is -2.39. The van der Waals surface area contributed by atoms with Crippen LogP contribution in [0.15, 0.2) is 29.3 Å². The zero-order valence-corrected chi connectivity index (χ0v) is 17.8. The van der Waals surface area contributed by atoms with Gasteiger partial charge in [0.15, 0.2) is 0 Å². The Morgan fingerprint density at radius 3 is 2.65 bits per heavy atom. The van der Waals surface area contributed by atoms with Gasteiger partial charge in [-0.05, 0) is 31.0 Å². The number of rotatable bonds is 5. The minimum atomic E-state index is -2.59. The van der Waals surface area contributed by atoms with Crippen LogP contribution in [0.25, 0.3) is 10.9 Å². The summed E-state index contributed by atoms with van der Waals surface area (Å²) in [4.78, 5) is 35.4. The topological polar surface area (TPSA) is 61.7 Å². The molecule has 168 valence electrons. The van der Waals surface area contributed by atoms with E-state index in [9.17, 15) is 18.4 Å². The minimum absolute atomic E-state index is 0.248. The largest absolute Gasteiger partial charge is 0.369 e. The molecule has 3 heterocycles. The summed E-state index contributed by atoms with van der Waals surface area (Å²) in [5.41, 5.74) is 1.06. The van der Waals surface area contributed by atoms with Crippen molar-refractivity contribution in [3.05, 3.63) is 34.9 Å². The molecule has 0 radical (unpaired) electrons. The van der Waals surface area contributed by atoms with Crippen LogP contribution in [-0.4, -0.2) is 77.5 Å². The first kappa shape index (κ1) is 21.7. The summed E-state index contributed by atoms with van der Waals surface area (Å²) in [6.07, 6.45) is 2.40. The van der Waals surface area contributed by atoms with E-state index in [4.69, 9.17) is 0 Å². The normalized spacial score (nSPS) is 21.2. The molecule has 1 aromatic heterocycles. The van der Waals surface area contributed by atoms with Gasteiger partial charge in [0.05, 0.1) is 23.8 Å². The monoisotopic (exact) mass is 433 g/mol. The number of halogens is 2. The van der Waals surface area contributed by atoms with Crippen molar-refractivity contribution < 1.29 is 13.6 Å². The lowest BCUT2D eigenvalue weighted by Crippen LogP contribution is -2.51. The van der Waals surface area contributed by atoms with Crippen molar-refractivity contribution >= 4 is 22.5 Å². The Bertz CT molecular complexity index is 988.